The second-order valence-electron chi connectivity index (χ2n) is 6.88. The molecule has 1 aliphatic heterocycles. The molecule has 1 heterocycles. The average molecular weight is 369 g/mol. The molecule has 1 aliphatic rings. The Balaban J connectivity index is 1.57. The number of ether oxygens (including phenoxy) is 2. The fourth-order valence-corrected chi connectivity index (χ4v) is 3.30. The van der Waals surface area contributed by atoms with Gasteiger partial charge >= 0.3 is 0 Å². The van der Waals surface area contributed by atoms with Crippen molar-refractivity contribution in [3.05, 3.63) is 65.7 Å². The van der Waals surface area contributed by atoms with E-state index in [0.29, 0.717) is 0 Å². The predicted octanol–water partition coefficient (Wildman–Crippen LogP) is 1.40. The highest BCUT2D eigenvalue weighted by molar-refractivity contribution is 5.78. The Bertz CT molecular complexity index is 697. The van der Waals surface area contributed by atoms with Crippen LogP contribution in [-0.2, 0) is 16.0 Å². The van der Waals surface area contributed by atoms with Gasteiger partial charge < -0.3 is 19.7 Å². The fourth-order valence-electron chi connectivity index (χ4n) is 3.30. The number of carbonyl (C=O) groups excluding carboxylic acids is 1. The third-order valence-electron chi connectivity index (χ3n) is 4.93. The molecular weight excluding hydrogens is 340 g/mol. The second-order valence-corrected chi connectivity index (χ2v) is 6.88. The zero-order chi connectivity index (χ0) is 18.9. The minimum absolute atomic E-state index is 0.0211. The monoisotopic (exact) mass is 369 g/mol. The standard InChI is InChI=1S/C22H28N2O3/c1-2-18-8-10-20(11-9-18)27-17-22(25)23-21(19-6-4-3-5-7-19)16-24-12-14-26-15-13-24/h3-11,21H,2,12-17H2,1H3,(H,23,25)/p+1/t21-/m0/s1. The lowest BCUT2D eigenvalue weighted by Crippen LogP contribution is -3.14. The largest absolute Gasteiger partial charge is 0.484 e. The molecule has 0 spiro atoms. The van der Waals surface area contributed by atoms with Crippen LogP contribution in [0.2, 0.25) is 0 Å². The van der Waals surface area contributed by atoms with Crippen molar-refractivity contribution in [2.45, 2.75) is 19.4 Å². The molecular formula is C22H29N2O3+. The van der Waals surface area contributed by atoms with Gasteiger partial charge in [0, 0.05) is 0 Å². The van der Waals surface area contributed by atoms with E-state index in [1.165, 1.54) is 10.5 Å². The van der Waals surface area contributed by atoms with Gasteiger partial charge in [-0.1, -0.05) is 49.4 Å². The van der Waals surface area contributed by atoms with Crippen LogP contribution in [0.25, 0.3) is 0 Å². The molecule has 1 atom stereocenters. The number of nitrogens with one attached hydrogen (secondary N) is 2. The highest BCUT2D eigenvalue weighted by Gasteiger charge is 2.23. The molecule has 0 aromatic heterocycles. The van der Waals surface area contributed by atoms with Gasteiger partial charge in [-0.3, -0.25) is 4.79 Å². The van der Waals surface area contributed by atoms with Gasteiger partial charge in [-0.25, -0.2) is 0 Å². The van der Waals surface area contributed by atoms with Gasteiger partial charge in [0.05, 0.1) is 13.2 Å². The Morgan fingerprint density at radius 1 is 1.11 bits per heavy atom. The minimum atomic E-state index is -0.101. The molecule has 0 saturated carbocycles. The summed E-state index contributed by atoms with van der Waals surface area (Å²) in [4.78, 5) is 13.9. The van der Waals surface area contributed by atoms with Gasteiger partial charge in [-0.2, -0.15) is 0 Å². The Hall–Kier alpha value is -2.37. The van der Waals surface area contributed by atoms with Crippen LogP contribution in [0.3, 0.4) is 0 Å². The van der Waals surface area contributed by atoms with Crippen molar-refractivity contribution in [3.8, 4) is 5.75 Å². The van der Waals surface area contributed by atoms with Crippen LogP contribution in [0, 0.1) is 0 Å². The summed E-state index contributed by atoms with van der Waals surface area (Å²) in [6.07, 6.45) is 0.989. The molecule has 2 aromatic rings. The number of morpholine rings is 1. The van der Waals surface area contributed by atoms with Crippen LogP contribution in [0.15, 0.2) is 54.6 Å². The molecule has 3 rings (SSSR count). The van der Waals surface area contributed by atoms with Crippen LogP contribution in [-0.4, -0.2) is 45.4 Å². The van der Waals surface area contributed by atoms with E-state index in [2.05, 4.69) is 24.4 Å². The van der Waals surface area contributed by atoms with Crippen LogP contribution in [0.4, 0.5) is 0 Å². The number of amides is 1. The normalized spacial score (nSPS) is 15.9. The van der Waals surface area contributed by atoms with Crippen LogP contribution >= 0.6 is 0 Å². The summed E-state index contributed by atoms with van der Waals surface area (Å²) in [6, 6.07) is 18.0. The van der Waals surface area contributed by atoms with Crippen molar-refractivity contribution in [1.82, 2.24) is 5.32 Å². The van der Waals surface area contributed by atoms with E-state index in [1.807, 2.05) is 42.5 Å². The quantitative estimate of drug-likeness (QED) is 0.740. The molecule has 0 radical (unpaired) electrons. The molecule has 2 aromatic carbocycles. The second kappa shape index (κ2) is 10.1. The number of hydrogen-bond acceptors (Lipinski definition) is 3. The van der Waals surface area contributed by atoms with Gasteiger partial charge in [-0.15, -0.1) is 0 Å². The first kappa shape index (κ1) is 19.4. The minimum Gasteiger partial charge on any atom is -0.484 e. The molecule has 5 nitrogen and oxygen atoms in total. The molecule has 2 N–H and O–H groups in total. The van der Waals surface area contributed by atoms with Crippen molar-refractivity contribution in [2.24, 2.45) is 0 Å². The first-order chi connectivity index (χ1) is 13.2. The van der Waals surface area contributed by atoms with Gasteiger partial charge in [0.25, 0.3) is 5.91 Å². The van der Waals surface area contributed by atoms with E-state index in [4.69, 9.17) is 9.47 Å². The summed E-state index contributed by atoms with van der Waals surface area (Å²) in [5.74, 6) is 0.619. The summed E-state index contributed by atoms with van der Waals surface area (Å²) in [5, 5.41) is 3.15. The molecule has 1 fully saturated rings. The molecule has 144 valence electrons. The molecule has 0 aliphatic carbocycles. The van der Waals surface area contributed by atoms with E-state index in [9.17, 15) is 4.79 Å². The van der Waals surface area contributed by atoms with Crippen LogP contribution in [0.5, 0.6) is 5.75 Å². The molecule has 0 unspecified atom stereocenters. The number of aryl methyl sites for hydroxylation is 1. The summed E-state index contributed by atoms with van der Waals surface area (Å²) >= 11 is 0. The third-order valence-corrected chi connectivity index (χ3v) is 4.93. The maximum Gasteiger partial charge on any atom is 0.258 e. The van der Waals surface area contributed by atoms with Gasteiger partial charge in [-0.05, 0) is 29.7 Å². The van der Waals surface area contributed by atoms with Crippen molar-refractivity contribution in [3.63, 3.8) is 0 Å². The summed E-state index contributed by atoms with van der Waals surface area (Å²) in [7, 11) is 0. The van der Waals surface area contributed by atoms with E-state index in [0.717, 1.165) is 50.6 Å². The maximum absolute atomic E-state index is 12.5. The summed E-state index contributed by atoms with van der Waals surface area (Å²) in [5.41, 5.74) is 2.38. The van der Waals surface area contributed by atoms with E-state index in [-0.39, 0.29) is 18.6 Å². The lowest BCUT2D eigenvalue weighted by molar-refractivity contribution is -0.909. The molecule has 27 heavy (non-hydrogen) atoms. The number of carbonyl (C=O) groups is 1. The molecule has 5 heteroatoms. The zero-order valence-electron chi connectivity index (χ0n) is 15.9. The van der Waals surface area contributed by atoms with Crippen molar-refractivity contribution in [2.75, 3.05) is 39.5 Å². The lowest BCUT2D eigenvalue weighted by Gasteiger charge is -2.28. The number of rotatable bonds is 8. The van der Waals surface area contributed by atoms with Gasteiger partial charge in [0.15, 0.2) is 6.61 Å². The smallest absolute Gasteiger partial charge is 0.258 e. The van der Waals surface area contributed by atoms with E-state index >= 15 is 0 Å². The third kappa shape index (κ3) is 6.08. The first-order valence-electron chi connectivity index (χ1n) is 9.72. The van der Waals surface area contributed by atoms with Crippen molar-refractivity contribution >= 4 is 5.91 Å². The Morgan fingerprint density at radius 3 is 2.48 bits per heavy atom. The number of benzene rings is 2. The molecule has 1 saturated heterocycles. The Kier molecular flexibility index (Phi) is 7.25. The first-order valence-corrected chi connectivity index (χ1v) is 9.72. The van der Waals surface area contributed by atoms with Crippen molar-refractivity contribution in [1.29, 1.82) is 0 Å². The predicted molar refractivity (Wildman–Crippen MR) is 105 cm³/mol. The van der Waals surface area contributed by atoms with Crippen molar-refractivity contribution < 1.29 is 19.2 Å². The maximum atomic E-state index is 12.5. The molecule has 1 amide bonds. The topological polar surface area (TPSA) is 52.0 Å². The summed E-state index contributed by atoms with van der Waals surface area (Å²) in [6.45, 7) is 6.49. The highest BCUT2D eigenvalue weighted by Crippen LogP contribution is 2.13. The fraction of sp³-hybridized carbons (Fsp3) is 0.409. The van der Waals surface area contributed by atoms with E-state index < -0.39 is 0 Å². The average Bonchev–Trinajstić information content (AvgIpc) is 2.73. The van der Waals surface area contributed by atoms with Gasteiger partial charge in [0.1, 0.15) is 31.4 Å². The van der Waals surface area contributed by atoms with Gasteiger partial charge in [0.2, 0.25) is 0 Å². The lowest BCUT2D eigenvalue weighted by atomic mass is 10.1. The van der Waals surface area contributed by atoms with Crippen LogP contribution < -0.4 is 15.0 Å². The Labute approximate surface area is 161 Å². The van der Waals surface area contributed by atoms with Crippen LogP contribution in [0.1, 0.15) is 24.1 Å². The SMILES string of the molecule is CCc1ccc(OCC(=O)N[C@@H](C[NH+]2CCOCC2)c2ccccc2)cc1. The summed E-state index contributed by atoms with van der Waals surface area (Å²) < 4.78 is 11.1. The van der Waals surface area contributed by atoms with E-state index in [1.54, 1.807) is 0 Å². The number of quaternary nitrogens is 1. The highest BCUT2D eigenvalue weighted by atomic mass is 16.5. The number of hydrogen-bond donors (Lipinski definition) is 2. The molecule has 0 bridgehead atoms. The Morgan fingerprint density at radius 2 is 1.81 bits per heavy atom. The zero-order valence-corrected chi connectivity index (χ0v) is 15.9.